The van der Waals surface area contributed by atoms with Crippen molar-refractivity contribution in [3.63, 3.8) is 0 Å². The molecular weight excluding hydrogens is 470 g/mol. The first-order chi connectivity index (χ1) is 17.4. The quantitative estimate of drug-likeness (QED) is 0.386. The van der Waals surface area contributed by atoms with Crippen molar-refractivity contribution in [3.05, 3.63) is 94.4 Å². The molecule has 36 heavy (non-hydrogen) atoms. The van der Waals surface area contributed by atoms with Gasteiger partial charge in [-0.1, -0.05) is 29.4 Å². The van der Waals surface area contributed by atoms with Crippen LogP contribution in [0.4, 0.5) is 8.78 Å². The zero-order valence-electron chi connectivity index (χ0n) is 19.6. The number of fused-ring (bicyclic) bond motifs is 1. The van der Waals surface area contributed by atoms with Crippen molar-refractivity contribution in [1.29, 1.82) is 0 Å². The number of benzene rings is 2. The van der Waals surface area contributed by atoms with Gasteiger partial charge in [0, 0.05) is 43.8 Å². The summed E-state index contributed by atoms with van der Waals surface area (Å²) in [5.41, 5.74) is 2.85. The smallest absolute Gasteiger partial charge is 0.356 e. The Morgan fingerprint density at radius 3 is 2.72 bits per heavy atom. The fourth-order valence-corrected chi connectivity index (χ4v) is 4.54. The van der Waals surface area contributed by atoms with E-state index in [1.807, 2.05) is 24.3 Å². The van der Waals surface area contributed by atoms with Crippen molar-refractivity contribution in [3.8, 4) is 11.3 Å². The summed E-state index contributed by atoms with van der Waals surface area (Å²) >= 11 is 0. The topological polar surface area (TPSA) is 90.5 Å². The van der Waals surface area contributed by atoms with Crippen molar-refractivity contribution in [2.24, 2.45) is 7.05 Å². The van der Waals surface area contributed by atoms with Gasteiger partial charge in [-0.15, -0.1) is 0 Å². The van der Waals surface area contributed by atoms with Crippen LogP contribution in [-0.2, 0) is 18.3 Å². The number of amides is 1. The van der Waals surface area contributed by atoms with Crippen LogP contribution in [0.1, 0.15) is 50.5 Å². The minimum absolute atomic E-state index is 0.000690. The van der Waals surface area contributed by atoms with Gasteiger partial charge in [0.1, 0.15) is 17.3 Å². The molecule has 4 aromatic rings. The molecule has 0 saturated carbocycles. The van der Waals surface area contributed by atoms with Crippen LogP contribution < -0.4 is 0 Å². The molecular formula is C26H22F2N4O4. The standard InChI is InChI=1S/C26H22F2N4O4/c1-3-35-26(34)24-19(12-29-31(24)2)20-14-32(13-15-6-4-5-7-17(15)20)25(33)22-11-23(36-30-22)18-9-8-16(27)10-21(18)28/h4-12,20H,3,13-14H2,1-2H3. The summed E-state index contributed by atoms with van der Waals surface area (Å²) in [5.74, 6) is -2.78. The molecule has 1 unspecified atom stereocenters. The molecule has 1 aliphatic heterocycles. The predicted octanol–water partition coefficient (Wildman–Crippen LogP) is 4.32. The van der Waals surface area contributed by atoms with Gasteiger partial charge in [0.25, 0.3) is 5.91 Å². The van der Waals surface area contributed by atoms with Crippen LogP contribution in [0.5, 0.6) is 0 Å². The summed E-state index contributed by atoms with van der Waals surface area (Å²) in [6, 6.07) is 12.1. The Labute approximate surface area is 205 Å². The van der Waals surface area contributed by atoms with Crippen molar-refractivity contribution in [1.82, 2.24) is 19.8 Å². The van der Waals surface area contributed by atoms with E-state index in [2.05, 4.69) is 10.3 Å². The van der Waals surface area contributed by atoms with E-state index >= 15 is 0 Å². The Balaban J connectivity index is 1.48. The van der Waals surface area contributed by atoms with Gasteiger partial charge in [0.15, 0.2) is 11.5 Å². The SMILES string of the molecule is CCOC(=O)c1c(C2CN(C(=O)c3cc(-c4ccc(F)cc4F)on3)Cc3ccccc32)cnn1C. The fourth-order valence-electron chi connectivity index (χ4n) is 4.54. The van der Waals surface area contributed by atoms with Crippen LogP contribution in [0.2, 0.25) is 0 Å². The maximum absolute atomic E-state index is 14.2. The number of esters is 1. The maximum Gasteiger partial charge on any atom is 0.356 e. The van der Waals surface area contributed by atoms with Crippen LogP contribution in [0.25, 0.3) is 11.3 Å². The lowest BCUT2D eigenvalue weighted by molar-refractivity contribution is 0.0511. The number of rotatable bonds is 5. The molecule has 1 aliphatic rings. The van der Waals surface area contributed by atoms with Crippen LogP contribution in [0, 0.1) is 11.6 Å². The molecule has 0 N–H and O–H groups in total. The summed E-state index contributed by atoms with van der Waals surface area (Å²) in [7, 11) is 1.67. The average Bonchev–Trinajstić information content (AvgIpc) is 3.50. The minimum atomic E-state index is -0.819. The molecule has 3 heterocycles. The van der Waals surface area contributed by atoms with Crippen molar-refractivity contribution in [2.75, 3.05) is 13.2 Å². The molecule has 0 bridgehead atoms. The Morgan fingerprint density at radius 2 is 1.94 bits per heavy atom. The van der Waals surface area contributed by atoms with Gasteiger partial charge < -0.3 is 14.2 Å². The van der Waals surface area contributed by atoms with Gasteiger partial charge in [-0.25, -0.2) is 13.6 Å². The zero-order valence-corrected chi connectivity index (χ0v) is 19.6. The highest BCUT2D eigenvalue weighted by Crippen LogP contribution is 2.36. The summed E-state index contributed by atoms with van der Waals surface area (Å²) in [6.07, 6.45) is 1.62. The lowest BCUT2D eigenvalue weighted by atomic mass is 9.84. The number of carbonyl (C=O) groups is 2. The molecule has 1 atom stereocenters. The highest BCUT2D eigenvalue weighted by atomic mass is 19.1. The molecule has 2 aromatic carbocycles. The number of nitrogens with zero attached hydrogens (tertiary/aromatic N) is 4. The predicted molar refractivity (Wildman–Crippen MR) is 124 cm³/mol. The first-order valence-corrected chi connectivity index (χ1v) is 11.4. The van der Waals surface area contributed by atoms with E-state index in [1.54, 1.807) is 25.1 Å². The fraction of sp³-hybridized carbons (Fsp3) is 0.231. The summed E-state index contributed by atoms with van der Waals surface area (Å²) in [5, 5.41) is 8.11. The van der Waals surface area contributed by atoms with Gasteiger partial charge in [-0.05, 0) is 30.2 Å². The highest BCUT2D eigenvalue weighted by molar-refractivity contribution is 5.94. The van der Waals surface area contributed by atoms with Gasteiger partial charge in [-0.2, -0.15) is 5.10 Å². The van der Waals surface area contributed by atoms with Gasteiger partial charge >= 0.3 is 5.97 Å². The summed E-state index contributed by atoms with van der Waals surface area (Å²) in [4.78, 5) is 27.7. The number of hydrogen-bond acceptors (Lipinski definition) is 6. The molecule has 8 nitrogen and oxygen atoms in total. The molecule has 2 aromatic heterocycles. The van der Waals surface area contributed by atoms with Crippen LogP contribution >= 0.6 is 0 Å². The molecule has 0 fully saturated rings. The van der Waals surface area contributed by atoms with E-state index in [0.717, 1.165) is 23.3 Å². The third-order valence-electron chi connectivity index (χ3n) is 6.22. The molecule has 0 saturated heterocycles. The van der Waals surface area contributed by atoms with E-state index in [0.29, 0.717) is 17.8 Å². The largest absolute Gasteiger partial charge is 0.461 e. The molecule has 5 rings (SSSR count). The van der Waals surface area contributed by atoms with Crippen LogP contribution in [-0.4, -0.2) is 44.9 Å². The van der Waals surface area contributed by atoms with Crippen molar-refractivity contribution >= 4 is 11.9 Å². The monoisotopic (exact) mass is 492 g/mol. The van der Waals surface area contributed by atoms with Crippen molar-refractivity contribution < 1.29 is 27.6 Å². The second-order valence-corrected chi connectivity index (χ2v) is 8.43. The second kappa shape index (κ2) is 9.37. The van der Waals surface area contributed by atoms with E-state index in [9.17, 15) is 18.4 Å². The molecule has 0 radical (unpaired) electrons. The molecule has 0 aliphatic carbocycles. The van der Waals surface area contributed by atoms with Crippen LogP contribution in [0.3, 0.4) is 0 Å². The van der Waals surface area contributed by atoms with Gasteiger partial charge in [0.2, 0.25) is 0 Å². The van der Waals surface area contributed by atoms with Gasteiger partial charge in [0.05, 0.1) is 18.4 Å². The number of aryl methyl sites for hydroxylation is 1. The average molecular weight is 492 g/mol. The number of ether oxygens (including phenoxy) is 1. The number of carbonyl (C=O) groups excluding carboxylic acids is 2. The third kappa shape index (κ3) is 4.15. The Morgan fingerprint density at radius 1 is 1.14 bits per heavy atom. The molecule has 10 heteroatoms. The van der Waals surface area contributed by atoms with Crippen LogP contribution in [0.15, 0.2) is 59.3 Å². The highest BCUT2D eigenvalue weighted by Gasteiger charge is 2.34. The van der Waals surface area contributed by atoms with Crippen molar-refractivity contribution in [2.45, 2.75) is 19.4 Å². The van der Waals surface area contributed by atoms with E-state index in [4.69, 9.17) is 9.26 Å². The van der Waals surface area contributed by atoms with E-state index in [1.165, 1.54) is 16.8 Å². The maximum atomic E-state index is 14.2. The molecule has 1 amide bonds. The first kappa shape index (κ1) is 23.4. The summed E-state index contributed by atoms with van der Waals surface area (Å²) < 4.78 is 39.4. The normalized spacial score (nSPS) is 15.0. The Hall–Kier alpha value is -4.34. The molecule has 184 valence electrons. The minimum Gasteiger partial charge on any atom is -0.461 e. The van der Waals surface area contributed by atoms with Gasteiger partial charge in [-0.3, -0.25) is 9.48 Å². The number of halogens is 2. The summed E-state index contributed by atoms with van der Waals surface area (Å²) in [6.45, 7) is 2.52. The lowest BCUT2D eigenvalue weighted by Crippen LogP contribution is -2.39. The number of aromatic nitrogens is 3. The second-order valence-electron chi connectivity index (χ2n) is 8.43. The number of hydrogen-bond donors (Lipinski definition) is 0. The Bertz CT molecular complexity index is 1460. The van der Waals surface area contributed by atoms with E-state index in [-0.39, 0.29) is 36.1 Å². The third-order valence-corrected chi connectivity index (χ3v) is 6.22. The first-order valence-electron chi connectivity index (χ1n) is 11.4. The molecule has 0 spiro atoms. The van der Waals surface area contributed by atoms with E-state index < -0.39 is 23.5 Å². The Kier molecular flexibility index (Phi) is 6.09. The lowest BCUT2D eigenvalue weighted by Gasteiger charge is -2.34. The zero-order chi connectivity index (χ0) is 25.4.